The first-order valence-corrected chi connectivity index (χ1v) is 48.6. The van der Waals surface area contributed by atoms with Crippen molar-refractivity contribution in [2.24, 2.45) is 10.8 Å². The molecule has 0 saturated heterocycles. The van der Waals surface area contributed by atoms with Crippen molar-refractivity contribution in [1.29, 1.82) is 10.5 Å². The van der Waals surface area contributed by atoms with E-state index in [1.54, 1.807) is 116 Å². The van der Waals surface area contributed by atoms with Gasteiger partial charge >= 0.3 is 23.9 Å². The van der Waals surface area contributed by atoms with Crippen molar-refractivity contribution in [3.63, 3.8) is 0 Å². The number of aliphatic hydroxyl groups is 1. The largest absolute Gasteiger partial charge is 0.441 e. The predicted octanol–water partition coefficient (Wildman–Crippen LogP) is 25.6. The maximum Gasteiger partial charge on any atom is 0.340 e. The lowest BCUT2D eigenvalue weighted by molar-refractivity contribution is -0.143. The average molecular weight is 1940 g/mol. The molecule has 692 valence electrons. The molecule has 2 heterocycles. The highest BCUT2D eigenvalue weighted by molar-refractivity contribution is 7.47. The quantitative estimate of drug-likeness (QED) is 0.0149. The van der Waals surface area contributed by atoms with Crippen LogP contribution in [0.1, 0.15) is 325 Å². The number of nitrogens with zero attached hydrogens (tertiary/aromatic N) is 5. The van der Waals surface area contributed by atoms with Gasteiger partial charge in [-0.3, -0.25) is 19.2 Å². The van der Waals surface area contributed by atoms with Crippen LogP contribution in [0.15, 0.2) is 60.7 Å². The Morgan fingerprint density at radius 2 is 0.772 bits per heavy atom. The van der Waals surface area contributed by atoms with Crippen LogP contribution in [0.2, 0.25) is 40.2 Å². The molecule has 0 fully saturated rings. The second-order valence-corrected chi connectivity index (χ2v) is 43.3. The molecule has 31 heteroatoms. The van der Waals surface area contributed by atoms with Gasteiger partial charge in [0.15, 0.2) is 31.2 Å². The summed E-state index contributed by atoms with van der Waals surface area (Å²) in [7, 11) is -2.13. The monoisotopic (exact) mass is 1940 g/mol. The Kier molecular flexibility index (Phi) is 37.1. The molecule has 6 aromatic carbocycles. The average Bonchev–Trinajstić information content (AvgIpc) is 1.63. The van der Waals surface area contributed by atoms with Crippen LogP contribution in [0, 0.1) is 47.3 Å². The molecule has 0 saturated carbocycles. The third-order valence-corrected chi connectivity index (χ3v) is 30.8. The fraction of sp³-hybridized carbons (Fsp3) is 0.542. The summed E-state index contributed by atoms with van der Waals surface area (Å²) in [4.78, 5) is 80.8. The molecular weight excluding hydrogens is 1820 g/mol. The van der Waals surface area contributed by atoms with Crippen LogP contribution in [0.4, 0.5) is 0 Å². The molecule has 3 N–H and O–H groups in total. The van der Waals surface area contributed by atoms with E-state index >= 15 is 0 Å². The third kappa shape index (κ3) is 22.8. The van der Waals surface area contributed by atoms with Crippen LogP contribution >= 0.6 is 110 Å². The number of hydrogen-bond acceptors (Lipinski definition) is 19. The van der Waals surface area contributed by atoms with Gasteiger partial charge in [0.25, 0.3) is 20.3 Å². The van der Waals surface area contributed by atoms with Gasteiger partial charge in [-0.25, -0.2) is 23.6 Å². The number of aliphatic hydroxyl groups excluding tert-OH is 1. The lowest BCUT2D eigenvalue weighted by Crippen LogP contribution is -2.43. The maximum atomic E-state index is 13.9. The Bertz CT molecular complexity index is 5130. The van der Waals surface area contributed by atoms with E-state index in [1.807, 2.05) is 27.7 Å². The lowest BCUT2D eigenvalue weighted by Gasteiger charge is -2.46. The van der Waals surface area contributed by atoms with Crippen molar-refractivity contribution in [2.45, 2.75) is 289 Å². The zero-order chi connectivity index (χ0) is 95.0. The Morgan fingerprint density at radius 3 is 1.11 bits per heavy atom. The minimum Gasteiger partial charge on any atom is -0.441 e. The van der Waals surface area contributed by atoms with E-state index < -0.39 is 73.7 Å². The molecule has 3 atom stereocenters. The van der Waals surface area contributed by atoms with Gasteiger partial charge in [-0.05, 0) is 258 Å². The number of carbonyl (C=O) groups is 6. The Balaban J connectivity index is 0.000000264. The summed E-state index contributed by atoms with van der Waals surface area (Å²) in [6.07, 6.45) is 7.29. The number of fused-ring (bicyclic) bond motifs is 12. The Labute approximate surface area is 793 Å². The van der Waals surface area contributed by atoms with Gasteiger partial charge in [0.2, 0.25) is 0 Å². The number of nitriles is 2. The number of halogens is 8. The number of hydrogen-bond donors (Lipinski definition) is 3. The predicted molar refractivity (Wildman–Crippen MR) is 510 cm³/mol. The number of nitrogens with one attached hydrogen (secondary N) is 2. The van der Waals surface area contributed by atoms with E-state index in [4.69, 9.17) is 141 Å². The number of ether oxygens (including phenoxy) is 4. The summed E-state index contributed by atoms with van der Waals surface area (Å²) in [5, 5.41) is 34.3. The first-order chi connectivity index (χ1) is 59.3. The summed E-state index contributed by atoms with van der Waals surface area (Å²) in [5.74, 6) is -2.99. The fourth-order valence-corrected chi connectivity index (χ4v) is 23.6. The highest BCUT2D eigenvalue weighted by Crippen LogP contribution is 2.65. The van der Waals surface area contributed by atoms with E-state index in [9.17, 15) is 28.8 Å². The second kappa shape index (κ2) is 44.2. The zero-order valence-electron chi connectivity index (χ0n) is 77.5. The number of unbranched alkanes of at least 4 members (excludes halogenated alkanes) is 6. The molecule has 10 rings (SSSR count). The van der Waals surface area contributed by atoms with Crippen molar-refractivity contribution in [1.82, 2.24) is 24.6 Å². The summed E-state index contributed by atoms with van der Waals surface area (Å²) in [6.45, 7) is 50.1. The fourth-order valence-electron chi connectivity index (χ4n) is 16.7. The van der Waals surface area contributed by atoms with E-state index in [1.165, 1.54) is 0 Å². The molecule has 3 unspecified atom stereocenters. The molecule has 0 radical (unpaired) electrons. The molecule has 0 bridgehead atoms. The molecule has 2 amide bonds. The number of benzene rings is 6. The molecule has 127 heavy (non-hydrogen) atoms. The molecular formula is C96H123Cl8N7O14P2. The van der Waals surface area contributed by atoms with E-state index in [0.29, 0.717) is 168 Å². The first-order valence-electron chi connectivity index (χ1n) is 43.3. The van der Waals surface area contributed by atoms with Crippen LogP contribution in [0.5, 0.6) is 11.5 Å². The van der Waals surface area contributed by atoms with Crippen molar-refractivity contribution < 1.29 is 66.4 Å². The second-order valence-electron chi connectivity index (χ2n) is 37.1. The third-order valence-electron chi connectivity index (χ3n) is 22.7. The minimum absolute atomic E-state index is 0.0165. The van der Waals surface area contributed by atoms with E-state index in [2.05, 4.69) is 120 Å². The summed E-state index contributed by atoms with van der Waals surface area (Å²) < 4.78 is 49.9. The molecule has 21 nitrogen and oxygen atoms in total. The van der Waals surface area contributed by atoms with Gasteiger partial charge in [-0.2, -0.15) is 10.5 Å². The minimum atomic E-state index is -1.67. The smallest absolute Gasteiger partial charge is 0.340 e. The Morgan fingerprint density at radius 1 is 0.449 bits per heavy atom. The van der Waals surface area contributed by atoms with Crippen LogP contribution in [0.25, 0.3) is 0 Å². The number of amides is 2. The van der Waals surface area contributed by atoms with Gasteiger partial charge in [0, 0.05) is 131 Å². The standard InChI is InChI=1S/C45H54Cl4N3O7P.C36H37Cl4NO6.C15H32N3OP/c1-25(2)52(26(3)4)60(57-21-15-18-50)56-20-14-12-11-13-19-51-40(53)28-16-17-29-30(22-28)45(59-41(29)54)31-23-33(46)27(5)37(48)35(31)44(9,10)36-32(45)24-34(47)39(38(36)49)58-42(55)43(6,7)8;1-18-24(37)16-22-26(28(18)39)35(5,6)27-23(17-25(38)30(29(27)40)46-33(45)34(2,3)4)36(22)21-15-19(11-12-20(21)32(44)47-36)31(43)41-13-9-7-8-10-14-42;1-12(2)17(13(3)4)20(19-11-9-10-16)18(14(5)6)15(7)8/h16-17,22-26H,11-15,19-21H2,1-10H3,(H,51,53);11-12,15-17,42H,7-10,13-14H2,1-6H3,(H,41,43);12-15H,9,11H2,1-8H3. The van der Waals surface area contributed by atoms with Gasteiger partial charge in [-0.1, -0.05) is 146 Å². The van der Waals surface area contributed by atoms with Crippen LogP contribution in [0.3, 0.4) is 0 Å². The van der Waals surface area contributed by atoms with Crippen LogP contribution in [-0.2, 0) is 54.7 Å². The van der Waals surface area contributed by atoms with Gasteiger partial charge in [0.05, 0.1) is 86.8 Å². The zero-order valence-corrected chi connectivity index (χ0v) is 85.3. The lowest BCUT2D eigenvalue weighted by atomic mass is 9.61. The van der Waals surface area contributed by atoms with Gasteiger partial charge < -0.3 is 48.3 Å². The van der Waals surface area contributed by atoms with Crippen LogP contribution in [-0.4, -0.2) is 131 Å². The number of rotatable bonds is 33. The highest BCUT2D eigenvalue weighted by atomic mass is 35.5. The highest BCUT2D eigenvalue weighted by Gasteiger charge is 2.60. The summed E-state index contributed by atoms with van der Waals surface area (Å²) in [5.41, 5.74) is 0.366. The molecule has 4 aliphatic rings. The van der Waals surface area contributed by atoms with Crippen molar-refractivity contribution in [3.8, 4) is 23.6 Å². The van der Waals surface area contributed by atoms with E-state index in [0.717, 1.165) is 51.4 Å². The topological polar surface area (TPSA) is 269 Å². The number of carbonyl (C=O) groups excluding carboxylic acids is 6. The van der Waals surface area contributed by atoms with Crippen molar-refractivity contribution in [3.05, 3.63) is 190 Å². The van der Waals surface area contributed by atoms with E-state index in [-0.39, 0.29) is 73.2 Å². The normalized spacial score (nSPS) is 16.5. The summed E-state index contributed by atoms with van der Waals surface area (Å²) in [6, 6.07) is 22.7. The first kappa shape index (κ1) is 106. The molecule has 0 aromatic heterocycles. The SMILES string of the molecule is CC(C)N(C(C)C)P(OCCC#N)N(C(C)C)C(C)C.Cc1c(Cl)cc2c(c1Cl)C(C)(C)c1c(cc(Cl)c(OC(=O)C(C)(C)C)c1Cl)C21OC(=O)c2ccc(C(=O)NCCCCCCO)cc21.Cc1c(Cl)cc2c(c1Cl)C(C)(C)c1c(cc(Cl)c(OC(=O)C(C)(C)C)c1Cl)C21OC(=O)c2ccc(C(=O)NCCCCCCOP(OCCC#N)N(C(C)C)C(C)C)cc21. The molecule has 6 aromatic rings. The number of esters is 4. The molecule has 2 aliphatic carbocycles. The van der Waals surface area contributed by atoms with Crippen LogP contribution < -0.4 is 20.1 Å². The Hall–Kier alpha value is -5.98. The van der Waals surface area contributed by atoms with Gasteiger partial charge in [0.1, 0.15) is 0 Å². The molecule has 2 spiro atoms. The van der Waals surface area contributed by atoms with Gasteiger partial charge in [-0.15, -0.1) is 0 Å². The van der Waals surface area contributed by atoms with Crippen molar-refractivity contribution >= 4 is 145 Å². The molecule has 2 aliphatic heterocycles. The van der Waals surface area contributed by atoms with Crippen molar-refractivity contribution in [2.75, 3.05) is 39.5 Å². The summed E-state index contributed by atoms with van der Waals surface area (Å²) >= 11 is 56.0. The maximum absolute atomic E-state index is 13.9.